The van der Waals surface area contributed by atoms with E-state index in [0.717, 1.165) is 5.56 Å². The van der Waals surface area contributed by atoms with Crippen molar-refractivity contribution in [3.63, 3.8) is 0 Å². The third-order valence-electron chi connectivity index (χ3n) is 3.40. The monoisotopic (exact) mass is 335 g/mol. The van der Waals surface area contributed by atoms with E-state index in [9.17, 15) is 9.59 Å². The molecule has 0 fully saturated rings. The molecule has 122 valence electrons. The maximum atomic E-state index is 12.1. The van der Waals surface area contributed by atoms with Crippen LogP contribution in [-0.2, 0) is 16.6 Å². The minimum Gasteiger partial charge on any atom is -0.481 e. The lowest BCUT2D eigenvalue weighted by Gasteiger charge is -2.19. The van der Waals surface area contributed by atoms with E-state index in [-0.39, 0.29) is 18.7 Å². The first-order valence-electron chi connectivity index (χ1n) is 7.21. The van der Waals surface area contributed by atoms with Gasteiger partial charge in [0.15, 0.2) is 0 Å². The molecule has 0 bridgehead atoms. The number of halogens is 1. The Kier molecular flexibility index (Phi) is 5.76. The first kappa shape index (κ1) is 17.0. The molecule has 1 aromatic heterocycles. The predicted molar refractivity (Wildman–Crippen MR) is 86.1 cm³/mol. The van der Waals surface area contributed by atoms with Gasteiger partial charge in [0.2, 0.25) is 5.91 Å². The quantitative estimate of drug-likeness (QED) is 0.814. The van der Waals surface area contributed by atoms with Gasteiger partial charge in [-0.3, -0.25) is 9.59 Å². The molecule has 1 atom stereocenters. The third kappa shape index (κ3) is 4.82. The smallest absolute Gasteiger partial charge is 0.303 e. The van der Waals surface area contributed by atoms with Crippen LogP contribution in [0.15, 0.2) is 36.7 Å². The zero-order chi connectivity index (χ0) is 16.8. The van der Waals surface area contributed by atoms with Crippen LogP contribution in [0.2, 0.25) is 5.02 Å². The zero-order valence-electron chi connectivity index (χ0n) is 12.7. The maximum absolute atomic E-state index is 12.1. The van der Waals surface area contributed by atoms with E-state index in [4.69, 9.17) is 16.7 Å². The van der Waals surface area contributed by atoms with Gasteiger partial charge in [-0.15, -0.1) is 0 Å². The van der Waals surface area contributed by atoms with E-state index in [1.54, 1.807) is 24.5 Å². The van der Waals surface area contributed by atoms with Gasteiger partial charge >= 0.3 is 5.97 Å². The molecule has 1 heterocycles. The first-order chi connectivity index (χ1) is 11.0. The predicted octanol–water partition coefficient (Wildman–Crippen LogP) is 2.53. The molecule has 2 rings (SSSR count). The number of carboxylic acid groups (broad SMARTS) is 1. The number of carbonyl (C=O) groups excluding carboxylic acids is 1. The summed E-state index contributed by atoms with van der Waals surface area (Å²) in [5.74, 6) is -0.452. The third-order valence-corrected chi connectivity index (χ3v) is 3.63. The molecule has 0 aliphatic heterocycles. The Hall–Kier alpha value is -2.34. The lowest BCUT2D eigenvalue weighted by atomic mass is 10.1. The van der Waals surface area contributed by atoms with E-state index in [1.165, 1.54) is 0 Å². The molecule has 0 aliphatic carbocycles. The molecule has 0 aliphatic rings. The Bertz CT molecular complexity index is 699. The van der Waals surface area contributed by atoms with Crippen LogP contribution in [0.4, 0.5) is 0 Å². The van der Waals surface area contributed by atoms with Gasteiger partial charge in [-0.2, -0.15) is 0 Å². The molecule has 23 heavy (non-hydrogen) atoms. The fourth-order valence-electron chi connectivity index (χ4n) is 2.27. The summed E-state index contributed by atoms with van der Waals surface area (Å²) in [6, 6.07) is 6.77. The summed E-state index contributed by atoms with van der Waals surface area (Å²) in [4.78, 5) is 27.0. The van der Waals surface area contributed by atoms with Crippen LogP contribution in [0.5, 0.6) is 0 Å². The van der Waals surface area contributed by atoms with Gasteiger partial charge in [0.25, 0.3) is 0 Å². The fourth-order valence-corrected chi connectivity index (χ4v) is 2.47. The molecule has 7 heteroatoms. The second-order valence-corrected chi connectivity index (χ2v) is 5.64. The highest BCUT2D eigenvalue weighted by molar-refractivity contribution is 6.30. The van der Waals surface area contributed by atoms with Crippen molar-refractivity contribution in [2.75, 3.05) is 0 Å². The fraction of sp³-hybridized carbons (Fsp3) is 0.312. The van der Waals surface area contributed by atoms with Gasteiger partial charge < -0.3 is 15.0 Å². The molecule has 1 aromatic carbocycles. The van der Waals surface area contributed by atoms with Gasteiger partial charge in [0.1, 0.15) is 11.9 Å². The second kappa shape index (κ2) is 7.78. The summed E-state index contributed by atoms with van der Waals surface area (Å²) in [5.41, 5.74) is 0.818. The van der Waals surface area contributed by atoms with Gasteiger partial charge in [-0.25, -0.2) is 4.98 Å². The van der Waals surface area contributed by atoms with Crippen molar-refractivity contribution in [2.24, 2.45) is 7.05 Å². The van der Waals surface area contributed by atoms with Crippen LogP contribution < -0.4 is 5.32 Å². The molecule has 0 saturated heterocycles. The van der Waals surface area contributed by atoms with Crippen molar-refractivity contribution < 1.29 is 14.7 Å². The van der Waals surface area contributed by atoms with Crippen LogP contribution in [0.1, 0.15) is 36.7 Å². The molecular weight excluding hydrogens is 318 g/mol. The Morgan fingerprint density at radius 2 is 2.17 bits per heavy atom. The van der Waals surface area contributed by atoms with Gasteiger partial charge in [0, 0.05) is 37.3 Å². The number of imidazole rings is 1. The van der Waals surface area contributed by atoms with E-state index in [0.29, 0.717) is 17.3 Å². The number of carboxylic acids is 1. The van der Waals surface area contributed by atoms with Crippen molar-refractivity contribution in [2.45, 2.75) is 25.3 Å². The number of aromatic nitrogens is 2. The van der Waals surface area contributed by atoms with Crippen molar-refractivity contribution in [3.8, 4) is 0 Å². The highest BCUT2D eigenvalue weighted by Gasteiger charge is 2.20. The summed E-state index contributed by atoms with van der Waals surface area (Å²) in [7, 11) is 1.84. The number of benzene rings is 1. The van der Waals surface area contributed by atoms with Gasteiger partial charge in [0.05, 0.1) is 0 Å². The Balaban J connectivity index is 2.16. The molecular formula is C16H18ClN3O3. The number of hydrogen-bond donors (Lipinski definition) is 2. The van der Waals surface area contributed by atoms with E-state index in [2.05, 4.69) is 10.3 Å². The van der Waals surface area contributed by atoms with Crippen molar-refractivity contribution in [3.05, 3.63) is 53.1 Å². The van der Waals surface area contributed by atoms with Crippen LogP contribution in [-0.4, -0.2) is 26.5 Å². The standard InChI is InChI=1S/C16H18ClN3O3/c1-20-9-8-18-16(20)15(11-4-2-5-12(17)10-11)19-13(21)6-3-7-14(22)23/h2,4-5,8-10,15H,3,6-7H2,1H3,(H,19,21)(H,22,23). The van der Waals surface area contributed by atoms with Crippen LogP contribution in [0.25, 0.3) is 0 Å². The number of nitrogens with zero attached hydrogens (tertiary/aromatic N) is 2. The second-order valence-electron chi connectivity index (χ2n) is 5.20. The number of rotatable bonds is 7. The summed E-state index contributed by atoms with van der Waals surface area (Å²) in [6.07, 6.45) is 3.86. The largest absolute Gasteiger partial charge is 0.481 e. The van der Waals surface area contributed by atoms with E-state index < -0.39 is 12.0 Å². The number of aryl methyl sites for hydroxylation is 1. The number of hydrogen-bond acceptors (Lipinski definition) is 3. The molecule has 2 aromatic rings. The average molecular weight is 336 g/mol. The average Bonchev–Trinajstić information content (AvgIpc) is 2.90. The van der Waals surface area contributed by atoms with Crippen molar-refractivity contribution in [1.29, 1.82) is 0 Å². The summed E-state index contributed by atoms with van der Waals surface area (Å²) < 4.78 is 1.82. The number of nitrogens with one attached hydrogen (secondary N) is 1. The summed E-state index contributed by atoms with van der Waals surface area (Å²) in [5, 5.41) is 12.1. The maximum Gasteiger partial charge on any atom is 0.303 e. The minimum atomic E-state index is -0.909. The normalized spacial score (nSPS) is 11.9. The van der Waals surface area contributed by atoms with Gasteiger partial charge in [-0.05, 0) is 24.1 Å². The minimum absolute atomic E-state index is 0.0301. The van der Waals surface area contributed by atoms with Crippen molar-refractivity contribution >= 4 is 23.5 Å². The van der Waals surface area contributed by atoms with Crippen molar-refractivity contribution in [1.82, 2.24) is 14.9 Å². The summed E-state index contributed by atoms with van der Waals surface area (Å²) in [6.45, 7) is 0. The molecule has 6 nitrogen and oxygen atoms in total. The van der Waals surface area contributed by atoms with Crippen LogP contribution >= 0.6 is 11.6 Å². The number of amides is 1. The van der Waals surface area contributed by atoms with Crippen LogP contribution in [0.3, 0.4) is 0 Å². The number of aliphatic carboxylic acids is 1. The Morgan fingerprint density at radius 3 is 2.78 bits per heavy atom. The SMILES string of the molecule is Cn1ccnc1C(NC(=O)CCCC(=O)O)c1cccc(Cl)c1. The highest BCUT2D eigenvalue weighted by Crippen LogP contribution is 2.23. The van der Waals surface area contributed by atoms with Crippen LogP contribution in [0, 0.1) is 0 Å². The summed E-state index contributed by atoms with van der Waals surface area (Å²) >= 11 is 6.04. The topological polar surface area (TPSA) is 84.2 Å². The lowest BCUT2D eigenvalue weighted by Crippen LogP contribution is -2.31. The van der Waals surface area contributed by atoms with Gasteiger partial charge in [-0.1, -0.05) is 23.7 Å². The first-order valence-corrected chi connectivity index (χ1v) is 7.59. The lowest BCUT2D eigenvalue weighted by molar-refractivity contribution is -0.137. The Morgan fingerprint density at radius 1 is 1.39 bits per heavy atom. The molecule has 0 saturated carbocycles. The van der Waals surface area contributed by atoms with E-state index >= 15 is 0 Å². The number of carbonyl (C=O) groups is 2. The molecule has 0 radical (unpaired) electrons. The molecule has 2 N–H and O–H groups in total. The molecule has 0 spiro atoms. The molecule has 1 amide bonds. The Labute approximate surface area is 139 Å². The van der Waals surface area contributed by atoms with E-state index in [1.807, 2.05) is 23.7 Å². The highest BCUT2D eigenvalue weighted by atomic mass is 35.5. The molecule has 1 unspecified atom stereocenters. The zero-order valence-corrected chi connectivity index (χ0v) is 13.5.